The number of nitro groups is 1. The largest absolute Gasteiger partial charge is 0.463 e. The predicted molar refractivity (Wildman–Crippen MR) is 140 cm³/mol. The Morgan fingerprint density at radius 2 is 1.61 bits per heavy atom. The van der Waals surface area contributed by atoms with E-state index >= 15 is 0 Å². The standard InChI is InChI=1S/C25H20F3N5O7S/c1-2-40-23(34)24(35,25(26,27)28)15-10-12-16(13-11-15)29-21-22(31-20-9-4-3-8-19(20)30-21)32-41(38,39)18-7-5-6-17(14-18)33(36)37/h3-14,35H,2H2,1H3,(H,29,30)(H,31,32)/t24-/m0/s1. The number of esters is 1. The van der Waals surface area contributed by atoms with E-state index < -0.39 is 55.4 Å². The van der Waals surface area contributed by atoms with Crippen LogP contribution in [0.3, 0.4) is 0 Å². The van der Waals surface area contributed by atoms with Gasteiger partial charge in [-0.15, -0.1) is 0 Å². The molecule has 0 radical (unpaired) electrons. The number of carbonyl (C=O) groups is 1. The average Bonchev–Trinajstić information content (AvgIpc) is 2.92. The van der Waals surface area contributed by atoms with E-state index in [-0.39, 0.29) is 22.8 Å². The van der Waals surface area contributed by atoms with Gasteiger partial charge in [-0.2, -0.15) is 13.2 Å². The maximum Gasteiger partial charge on any atom is 0.432 e. The Labute approximate surface area is 230 Å². The molecule has 0 fully saturated rings. The van der Waals surface area contributed by atoms with Gasteiger partial charge in [-0.1, -0.05) is 30.3 Å². The van der Waals surface area contributed by atoms with E-state index in [9.17, 15) is 41.6 Å². The number of alkyl halides is 3. The Kier molecular flexibility index (Phi) is 7.81. The molecule has 0 saturated heterocycles. The van der Waals surface area contributed by atoms with Crippen molar-refractivity contribution >= 4 is 50.0 Å². The van der Waals surface area contributed by atoms with E-state index in [1.54, 1.807) is 24.3 Å². The van der Waals surface area contributed by atoms with Crippen LogP contribution in [0.2, 0.25) is 0 Å². The molecule has 0 aliphatic rings. The summed E-state index contributed by atoms with van der Waals surface area (Å²) in [4.78, 5) is 30.6. The van der Waals surface area contributed by atoms with Crippen molar-refractivity contribution in [2.24, 2.45) is 0 Å². The lowest BCUT2D eigenvalue weighted by Gasteiger charge is -2.28. The number of carbonyl (C=O) groups excluding carboxylic acids is 1. The minimum absolute atomic E-state index is 0.0857. The molecule has 0 amide bonds. The number of hydrogen-bond acceptors (Lipinski definition) is 10. The highest BCUT2D eigenvalue weighted by Gasteiger charge is 2.62. The summed E-state index contributed by atoms with van der Waals surface area (Å²) in [6.07, 6.45) is -5.39. The summed E-state index contributed by atoms with van der Waals surface area (Å²) in [7, 11) is -4.42. The summed E-state index contributed by atoms with van der Waals surface area (Å²) in [5, 5.41) is 24.1. The van der Waals surface area contributed by atoms with E-state index in [2.05, 4.69) is 24.7 Å². The number of hydrogen-bond donors (Lipinski definition) is 3. The molecular weight excluding hydrogens is 571 g/mol. The zero-order valence-electron chi connectivity index (χ0n) is 20.9. The first-order valence-corrected chi connectivity index (χ1v) is 13.1. The van der Waals surface area contributed by atoms with Crippen LogP contribution in [-0.2, 0) is 25.2 Å². The summed E-state index contributed by atoms with van der Waals surface area (Å²) in [6.45, 7) is 0.893. The van der Waals surface area contributed by atoms with Crippen LogP contribution in [0, 0.1) is 10.1 Å². The first-order chi connectivity index (χ1) is 19.3. The Hall–Kier alpha value is -4.83. The molecule has 1 atom stereocenters. The molecule has 0 bridgehead atoms. The molecule has 4 rings (SSSR count). The maximum absolute atomic E-state index is 13.7. The number of fused-ring (bicyclic) bond motifs is 1. The lowest BCUT2D eigenvalue weighted by Crippen LogP contribution is -2.50. The molecule has 1 aromatic heterocycles. The highest BCUT2D eigenvalue weighted by molar-refractivity contribution is 7.92. The van der Waals surface area contributed by atoms with E-state index in [0.29, 0.717) is 5.52 Å². The average molecular weight is 592 g/mol. The second kappa shape index (κ2) is 11.0. The molecule has 12 nitrogen and oxygen atoms in total. The monoisotopic (exact) mass is 591 g/mol. The third-order valence-corrected chi connectivity index (χ3v) is 7.02. The third kappa shape index (κ3) is 5.87. The van der Waals surface area contributed by atoms with Gasteiger partial charge in [0.15, 0.2) is 11.6 Å². The zero-order chi connectivity index (χ0) is 30.0. The second-order valence-corrected chi connectivity index (χ2v) is 10.1. The maximum atomic E-state index is 13.7. The number of nitrogens with zero attached hydrogens (tertiary/aromatic N) is 3. The van der Waals surface area contributed by atoms with Crippen molar-refractivity contribution in [1.29, 1.82) is 0 Å². The molecule has 0 aliphatic carbocycles. The first kappa shape index (κ1) is 29.2. The summed E-state index contributed by atoms with van der Waals surface area (Å²) in [5.41, 5.74) is -4.50. The van der Waals surface area contributed by atoms with Crippen LogP contribution >= 0.6 is 0 Å². The lowest BCUT2D eigenvalue weighted by molar-refractivity contribution is -0.385. The topological polar surface area (TPSA) is 174 Å². The molecule has 0 aliphatic heterocycles. The summed E-state index contributed by atoms with van der Waals surface area (Å²) >= 11 is 0. The zero-order valence-corrected chi connectivity index (χ0v) is 21.7. The predicted octanol–water partition coefficient (Wildman–Crippen LogP) is 4.40. The molecule has 0 unspecified atom stereocenters. The molecule has 1 heterocycles. The number of anilines is 3. The number of aromatic nitrogens is 2. The Morgan fingerprint density at radius 3 is 2.17 bits per heavy atom. The number of rotatable bonds is 9. The Bertz CT molecular complexity index is 1730. The first-order valence-electron chi connectivity index (χ1n) is 11.6. The smallest absolute Gasteiger partial charge is 0.432 e. The van der Waals surface area contributed by atoms with Crippen molar-refractivity contribution in [2.75, 3.05) is 16.6 Å². The van der Waals surface area contributed by atoms with Crippen LogP contribution < -0.4 is 10.0 Å². The SMILES string of the molecule is CCOC(=O)[C@@](O)(c1ccc(Nc2nc3ccccc3nc2NS(=O)(=O)c2cccc([N+](=O)[O-])c2)cc1)C(F)(F)F. The van der Waals surface area contributed by atoms with Gasteiger partial charge in [0.2, 0.25) is 0 Å². The van der Waals surface area contributed by atoms with E-state index in [1.165, 1.54) is 13.0 Å². The quantitative estimate of drug-likeness (QED) is 0.144. The third-order valence-electron chi connectivity index (χ3n) is 5.69. The molecule has 3 N–H and O–H groups in total. The molecule has 3 aromatic carbocycles. The van der Waals surface area contributed by atoms with Gasteiger partial charge in [0, 0.05) is 23.4 Å². The number of nitro benzene ring substituents is 1. The van der Waals surface area contributed by atoms with Gasteiger partial charge in [0.25, 0.3) is 21.3 Å². The van der Waals surface area contributed by atoms with Gasteiger partial charge >= 0.3 is 12.1 Å². The van der Waals surface area contributed by atoms with Crippen LogP contribution in [0.25, 0.3) is 11.0 Å². The van der Waals surface area contributed by atoms with Gasteiger partial charge in [-0.25, -0.2) is 23.2 Å². The molecule has 4 aromatic rings. The molecular formula is C25H20F3N5O7S. The highest BCUT2D eigenvalue weighted by Crippen LogP contribution is 2.40. The molecule has 41 heavy (non-hydrogen) atoms. The number of non-ortho nitro benzene ring substituents is 1. The molecule has 0 saturated carbocycles. The van der Waals surface area contributed by atoms with Gasteiger partial charge in [-0.05, 0) is 37.3 Å². The highest BCUT2D eigenvalue weighted by atomic mass is 32.2. The van der Waals surface area contributed by atoms with Gasteiger partial charge in [-0.3, -0.25) is 14.8 Å². The van der Waals surface area contributed by atoms with Crippen LogP contribution in [0.1, 0.15) is 12.5 Å². The fraction of sp³-hybridized carbons (Fsp3) is 0.160. The van der Waals surface area contributed by atoms with Crippen LogP contribution in [0.5, 0.6) is 0 Å². The summed E-state index contributed by atoms with van der Waals surface area (Å²) < 4.78 is 73.9. The number of halogens is 3. The van der Waals surface area contributed by atoms with Crippen molar-refractivity contribution in [3.05, 3.63) is 88.5 Å². The van der Waals surface area contributed by atoms with E-state index in [0.717, 1.165) is 42.5 Å². The van der Waals surface area contributed by atoms with Crippen LogP contribution in [0.4, 0.5) is 36.2 Å². The van der Waals surface area contributed by atoms with Crippen molar-refractivity contribution in [3.8, 4) is 0 Å². The summed E-state index contributed by atoms with van der Waals surface area (Å²) in [5.74, 6) is -2.38. The van der Waals surface area contributed by atoms with E-state index in [4.69, 9.17) is 0 Å². The molecule has 0 spiro atoms. The minimum Gasteiger partial charge on any atom is -0.463 e. The Morgan fingerprint density at radius 1 is 1.00 bits per heavy atom. The molecule has 214 valence electrons. The van der Waals surface area contributed by atoms with Gasteiger partial charge in [0.05, 0.1) is 27.5 Å². The minimum atomic E-state index is -5.39. The van der Waals surface area contributed by atoms with Crippen molar-refractivity contribution in [1.82, 2.24) is 9.97 Å². The van der Waals surface area contributed by atoms with Gasteiger partial charge in [0.1, 0.15) is 0 Å². The number of sulfonamides is 1. The number of para-hydroxylation sites is 2. The molecule has 16 heteroatoms. The second-order valence-electron chi connectivity index (χ2n) is 8.40. The fourth-order valence-electron chi connectivity index (χ4n) is 3.67. The van der Waals surface area contributed by atoms with Crippen LogP contribution in [-0.4, -0.2) is 47.2 Å². The lowest BCUT2D eigenvalue weighted by atomic mass is 9.93. The number of benzene rings is 3. The Balaban J connectivity index is 1.72. The van der Waals surface area contributed by atoms with Crippen molar-refractivity contribution < 1.29 is 41.2 Å². The van der Waals surface area contributed by atoms with E-state index in [1.807, 2.05) is 0 Å². The normalized spacial score (nSPS) is 13.3. The number of ether oxygens (including phenoxy) is 1. The fourth-order valence-corrected chi connectivity index (χ4v) is 4.72. The number of aliphatic hydroxyl groups is 1. The van der Waals surface area contributed by atoms with Crippen LogP contribution in [0.15, 0.2) is 77.7 Å². The summed E-state index contributed by atoms with van der Waals surface area (Å²) in [6, 6.07) is 14.6. The van der Waals surface area contributed by atoms with Gasteiger partial charge < -0.3 is 15.2 Å². The van der Waals surface area contributed by atoms with Crippen molar-refractivity contribution in [2.45, 2.75) is 23.6 Å². The van der Waals surface area contributed by atoms with Crippen molar-refractivity contribution in [3.63, 3.8) is 0 Å². The number of nitrogens with one attached hydrogen (secondary N) is 2.